The summed E-state index contributed by atoms with van der Waals surface area (Å²) in [5.41, 5.74) is 3.86. The van der Waals surface area contributed by atoms with E-state index in [1.165, 1.54) is 11.3 Å². The molecule has 0 spiro atoms. The second-order valence-corrected chi connectivity index (χ2v) is 5.18. The molecule has 0 radical (unpaired) electrons. The molecule has 1 atom stereocenters. The Bertz CT molecular complexity index is 539. The van der Waals surface area contributed by atoms with Gasteiger partial charge >= 0.3 is 0 Å². The Morgan fingerprint density at radius 3 is 2.89 bits per heavy atom. The summed E-state index contributed by atoms with van der Waals surface area (Å²) >= 11 is 0. The first-order chi connectivity index (χ1) is 9.33. The lowest BCUT2D eigenvalue weighted by Crippen LogP contribution is -2.25. The van der Waals surface area contributed by atoms with Crippen LogP contribution >= 0.6 is 0 Å². The lowest BCUT2D eigenvalue weighted by molar-refractivity contribution is 0.306. The van der Waals surface area contributed by atoms with Crippen molar-refractivity contribution in [2.24, 2.45) is 0 Å². The fourth-order valence-corrected chi connectivity index (χ4v) is 2.73. The van der Waals surface area contributed by atoms with Crippen molar-refractivity contribution >= 4 is 5.69 Å². The maximum absolute atomic E-state index is 4.38. The Kier molecular flexibility index (Phi) is 3.47. The molecule has 1 aromatic heterocycles. The van der Waals surface area contributed by atoms with Crippen LogP contribution in [0.3, 0.4) is 0 Å². The number of hydrogen-bond acceptors (Lipinski definition) is 3. The molecule has 1 aromatic carbocycles. The summed E-state index contributed by atoms with van der Waals surface area (Å²) in [6.45, 7) is 2.99. The van der Waals surface area contributed by atoms with Crippen LogP contribution < -0.4 is 5.32 Å². The zero-order chi connectivity index (χ0) is 13.1. The Labute approximate surface area is 114 Å². The first-order valence-corrected chi connectivity index (χ1v) is 6.74. The fourth-order valence-electron chi connectivity index (χ4n) is 2.73. The summed E-state index contributed by atoms with van der Waals surface area (Å²) in [6.07, 6.45) is 1.86. The average Bonchev–Trinajstić information content (AvgIpc) is 2.83. The zero-order valence-corrected chi connectivity index (χ0v) is 11.2. The summed E-state index contributed by atoms with van der Waals surface area (Å²) in [7, 11) is 2.16. The van der Waals surface area contributed by atoms with E-state index < -0.39 is 0 Å². The van der Waals surface area contributed by atoms with Crippen LogP contribution in [0.4, 0.5) is 5.69 Å². The normalized spacial score (nSPS) is 17.3. The highest BCUT2D eigenvalue weighted by molar-refractivity contribution is 5.57. The molecule has 3 rings (SSSR count). The Morgan fingerprint density at radius 1 is 1.21 bits per heavy atom. The van der Waals surface area contributed by atoms with Crippen molar-refractivity contribution in [3.63, 3.8) is 0 Å². The molecule has 0 saturated carbocycles. The molecule has 0 fully saturated rings. The smallest absolute Gasteiger partial charge is 0.0543 e. The van der Waals surface area contributed by atoms with Gasteiger partial charge in [-0.1, -0.05) is 24.3 Å². The average molecular weight is 253 g/mol. The van der Waals surface area contributed by atoms with Crippen molar-refractivity contribution in [2.45, 2.75) is 12.5 Å². The standard InChI is InChI=1S/C16H19N3/c1-19(12-14-6-4-5-9-17-14)11-13-10-18-16-8-3-2-7-15(13)16/h2-9,13,18H,10-12H2,1H3. The molecule has 3 nitrogen and oxygen atoms in total. The summed E-state index contributed by atoms with van der Waals surface area (Å²) in [5, 5.41) is 3.48. The number of anilines is 1. The van der Waals surface area contributed by atoms with Crippen LogP contribution in [0, 0.1) is 0 Å². The molecule has 2 aromatic rings. The topological polar surface area (TPSA) is 28.2 Å². The first kappa shape index (κ1) is 12.2. The van der Waals surface area contributed by atoms with Gasteiger partial charge in [-0.05, 0) is 30.8 Å². The molecular formula is C16H19N3. The van der Waals surface area contributed by atoms with Gasteiger partial charge < -0.3 is 5.32 Å². The van der Waals surface area contributed by atoms with E-state index in [0.717, 1.165) is 25.3 Å². The second kappa shape index (κ2) is 5.41. The van der Waals surface area contributed by atoms with Crippen LogP contribution in [0.1, 0.15) is 17.2 Å². The summed E-state index contributed by atoms with van der Waals surface area (Å²) in [4.78, 5) is 6.72. The molecule has 1 aliphatic rings. The molecule has 2 heterocycles. The molecule has 1 unspecified atom stereocenters. The molecular weight excluding hydrogens is 234 g/mol. The predicted octanol–water partition coefficient (Wildman–Crippen LogP) is 2.72. The van der Waals surface area contributed by atoms with Gasteiger partial charge in [0.25, 0.3) is 0 Å². The number of likely N-dealkylation sites (N-methyl/N-ethyl adjacent to an activating group) is 1. The Hall–Kier alpha value is -1.87. The molecule has 0 bridgehead atoms. The number of nitrogens with one attached hydrogen (secondary N) is 1. The largest absolute Gasteiger partial charge is 0.384 e. The fraction of sp³-hybridized carbons (Fsp3) is 0.312. The number of aromatic nitrogens is 1. The Morgan fingerprint density at radius 2 is 2.05 bits per heavy atom. The predicted molar refractivity (Wildman–Crippen MR) is 78.2 cm³/mol. The van der Waals surface area contributed by atoms with Crippen LogP contribution in [0.25, 0.3) is 0 Å². The molecule has 0 saturated heterocycles. The van der Waals surface area contributed by atoms with Gasteiger partial charge in [-0.3, -0.25) is 9.88 Å². The van der Waals surface area contributed by atoms with Crippen molar-refractivity contribution in [2.75, 3.05) is 25.5 Å². The minimum atomic E-state index is 0.574. The Balaban J connectivity index is 1.63. The summed E-state index contributed by atoms with van der Waals surface area (Å²) < 4.78 is 0. The summed E-state index contributed by atoms with van der Waals surface area (Å²) in [6, 6.07) is 14.7. The maximum atomic E-state index is 4.38. The van der Waals surface area contributed by atoms with Crippen LogP contribution in [0.2, 0.25) is 0 Å². The number of benzene rings is 1. The summed E-state index contributed by atoms with van der Waals surface area (Å²) in [5.74, 6) is 0.574. The monoisotopic (exact) mass is 253 g/mol. The van der Waals surface area contributed by atoms with E-state index in [1.54, 1.807) is 0 Å². The first-order valence-electron chi connectivity index (χ1n) is 6.74. The van der Waals surface area contributed by atoms with Crippen LogP contribution in [0.5, 0.6) is 0 Å². The number of rotatable bonds is 4. The van der Waals surface area contributed by atoms with Gasteiger partial charge in [0.2, 0.25) is 0 Å². The number of hydrogen-bond donors (Lipinski definition) is 1. The van der Waals surface area contributed by atoms with Gasteiger partial charge in [0.05, 0.1) is 5.69 Å². The van der Waals surface area contributed by atoms with E-state index >= 15 is 0 Å². The van der Waals surface area contributed by atoms with Crippen molar-refractivity contribution in [1.29, 1.82) is 0 Å². The molecule has 1 aliphatic heterocycles. The van der Waals surface area contributed by atoms with Crippen molar-refractivity contribution < 1.29 is 0 Å². The highest BCUT2D eigenvalue weighted by atomic mass is 15.1. The lowest BCUT2D eigenvalue weighted by Gasteiger charge is -2.20. The van der Waals surface area contributed by atoms with E-state index in [4.69, 9.17) is 0 Å². The van der Waals surface area contributed by atoms with Gasteiger partial charge in [-0.15, -0.1) is 0 Å². The van der Waals surface area contributed by atoms with Crippen LogP contribution in [-0.2, 0) is 6.54 Å². The van der Waals surface area contributed by atoms with Gasteiger partial charge in [0.15, 0.2) is 0 Å². The van der Waals surface area contributed by atoms with Gasteiger partial charge in [0.1, 0.15) is 0 Å². The highest BCUT2D eigenvalue weighted by Crippen LogP contribution is 2.31. The quantitative estimate of drug-likeness (QED) is 0.908. The van der Waals surface area contributed by atoms with Gasteiger partial charge in [0, 0.05) is 37.4 Å². The maximum Gasteiger partial charge on any atom is 0.0543 e. The van der Waals surface area contributed by atoms with E-state index in [0.29, 0.717) is 5.92 Å². The van der Waals surface area contributed by atoms with E-state index in [9.17, 15) is 0 Å². The number of pyridine rings is 1. The molecule has 98 valence electrons. The SMILES string of the molecule is CN(Cc1ccccn1)CC1CNc2ccccc21. The van der Waals surface area contributed by atoms with E-state index in [1.807, 2.05) is 18.3 Å². The molecule has 19 heavy (non-hydrogen) atoms. The van der Waals surface area contributed by atoms with E-state index in [2.05, 4.69) is 52.6 Å². The zero-order valence-electron chi connectivity index (χ0n) is 11.2. The third kappa shape index (κ3) is 2.76. The van der Waals surface area contributed by atoms with E-state index in [-0.39, 0.29) is 0 Å². The van der Waals surface area contributed by atoms with Crippen LogP contribution in [-0.4, -0.2) is 30.0 Å². The second-order valence-electron chi connectivity index (χ2n) is 5.18. The van der Waals surface area contributed by atoms with Crippen molar-refractivity contribution in [1.82, 2.24) is 9.88 Å². The molecule has 0 amide bonds. The molecule has 0 aliphatic carbocycles. The van der Waals surface area contributed by atoms with Gasteiger partial charge in [-0.2, -0.15) is 0 Å². The third-order valence-corrected chi connectivity index (χ3v) is 3.63. The molecule has 3 heteroatoms. The third-order valence-electron chi connectivity index (χ3n) is 3.63. The molecule has 1 N–H and O–H groups in total. The van der Waals surface area contributed by atoms with Crippen molar-refractivity contribution in [3.8, 4) is 0 Å². The highest BCUT2D eigenvalue weighted by Gasteiger charge is 2.22. The minimum Gasteiger partial charge on any atom is -0.384 e. The number of fused-ring (bicyclic) bond motifs is 1. The number of nitrogens with zero attached hydrogens (tertiary/aromatic N) is 2. The lowest BCUT2D eigenvalue weighted by atomic mass is 10.0. The van der Waals surface area contributed by atoms with Crippen molar-refractivity contribution in [3.05, 3.63) is 59.9 Å². The van der Waals surface area contributed by atoms with Gasteiger partial charge in [-0.25, -0.2) is 0 Å². The van der Waals surface area contributed by atoms with Crippen LogP contribution in [0.15, 0.2) is 48.7 Å². The minimum absolute atomic E-state index is 0.574. The number of para-hydroxylation sites is 1.